The molecule has 4 heterocycles. The number of halogens is 1. The number of ether oxygens (including phenoxy) is 1. The zero-order chi connectivity index (χ0) is 27.7. The molecule has 0 spiro atoms. The van der Waals surface area contributed by atoms with Crippen LogP contribution in [0.5, 0.6) is 0 Å². The Kier molecular flexibility index (Phi) is 7.69. The maximum Gasteiger partial charge on any atom is 0.333 e. The van der Waals surface area contributed by atoms with Gasteiger partial charge < -0.3 is 24.8 Å². The largest absolute Gasteiger partial charge is 0.378 e. The maximum absolute atomic E-state index is 13.5. The molecule has 0 atom stereocenters. The highest BCUT2D eigenvalue weighted by Crippen LogP contribution is 2.38. The van der Waals surface area contributed by atoms with Crippen molar-refractivity contribution in [1.82, 2.24) is 24.6 Å². The molecule has 206 valence electrons. The number of benzene rings is 1. The van der Waals surface area contributed by atoms with Crippen LogP contribution in [-0.2, 0) is 16.6 Å². The maximum atomic E-state index is 13.5. The third kappa shape index (κ3) is 5.27. The van der Waals surface area contributed by atoms with Gasteiger partial charge in [0.05, 0.1) is 52.5 Å². The second-order valence-electron chi connectivity index (χ2n) is 9.69. The van der Waals surface area contributed by atoms with Gasteiger partial charge in [-0.1, -0.05) is 11.6 Å². The summed E-state index contributed by atoms with van der Waals surface area (Å²) in [5, 5.41) is 8.34. The van der Waals surface area contributed by atoms with Crippen LogP contribution in [0.15, 0.2) is 24.4 Å². The summed E-state index contributed by atoms with van der Waals surface area (Å²) in [6, 6.07) is 3.98. The summed E-state index contributed by atoms with van der Waals surface area (Å²) in [6.07, 6.45) is 2.00. The van der Waals surface area contributed by atoms with Gasteiger partial charge in [0, 0.05) is 52.0 Å². The average molecular weight is 555 g/mol. The highest BCUT2D eigenvalue weighted by Gasteiger charge is 2.29. The minimum absolute atomic E-state index is 0.245. The number of hydrogen-bond acceptors (Lipinski definition) is 8. The zero-order valence-corrected chi connectivity index (χ0v) is 22.9. The van der Waals surface area contributed by atoms with Crippen LogP contribution in [0.4, 0.5) is 21.9 Å². The number of carbonyl (C=O) groups is 3. The monoisotopic (exact) mass is 554 g/mol. The molecule has 0 aliphatic carbocycles. The van der Waals surface area contributed by atoms with Gasteiger partial charge in [-0.15, -0.1) is 0 Å². The van der Waals surface area contributed by atoms with E-state index in [-0.39, 0.29) is 16.5 Å². The number of hydrogen-bond donors (Lipinski definition) is 1. The molecule has 1 N–H and O–H groups in total. The first-order valence-corrected chi connectivity index (χ1v) is 13.1. The smallest absolute Gasteiger partial charge is 0.333 e. The molecular weight excluding hydrogens is 524 g/mol. The second kappa shape index (κ2) is 11.2. The van der Waals surface area contributed by atoms with Crippen molar-refractivity contribution < 1.29 is 19.1 Å². The van der Waals surface area contributed by atoms with Crippen LogP contribution in [0.25, 0.3) is 11.0 Å². The minimum Gasteiger partial charge on any atom is -0.378 e. The SMILES string of the molecule is Cc1nn(C)c2ncc(N(C=O)C(=O)Nc3ccc(Cl)c(C(=O)N4CCOCC4)c3)c(N3CCN(C)CC3)c12. The lowest BCUT2D eigenvalue weighted by Gasteiger charge is -2.36. The molecule has 0 radical (unpaired) electrons. The van der Waals surface area contributed by atoms with Crippen LogP contribution in [0.3, 0.4) is 0 Å². The van der Waals surface area contributed by atoms with Gasteiger partial charge in [-0.25, -0.2) is 14.7 Å². The Hall–Kier alpha value is -3.74. The van der Waals surface area contributed by atoms with E-state index in [0.717, 1.165) is 47.8 Å². The zero-order valence-electron chi connectivity index (χ0n) is 22.2. The number of nitrogens with one attached hydrogen (secondary N) is 1. The summed E-state index contributed by atoms with van der Waals surface area (Å²) >= 11 is 6.34. The fourth-order valence-electron chi connectivity index (χ4n) is 5.01. The Bertz CT molecular complexity index is 1410. The number of aryl methyl sites for hydroxylation is 2. The van der Waals surface area contributed by atoms with Gasteiger partial charge in [-0.3, -0.25) is 14.3 Å². The lowest BCUT2D eigenvalue weighted by Crippen LogP contribution is -2.45. The number of imide groups is 1. The molecule has 12 nitrogen and oxygen atoms in total. The summed E-state index contributed by atoms with van der Waals surface area (Å²) in [7, 11) is 3.88. The molecule has 5 rings (SSSR count). The van der Waals surface area contributed by atoms with Gasteiger partial charge in [-0.05, 0) is 32.2 Å². The quantitative estimate of drug-likeness (QED) is 0.478. The van der Waals surface area contributed by atoms with Crippen molar-refractivity contribution >= 4 is 58.0 Å². The molecule has 39 heavy (non-hydrogen) atoms. The van der Waals surface area contributed by atoms with E-state index >= 15 is 0 Å². The van der Waals surface area contributed by atoms with Crippen molar-refractivity contribution in [2.45, 2.75) is 6.92 Å². The molecule has 0 bridgehead atoms. The Labute approximate surface area is 231 Å². The summed E-state index contributed by atoms with van der Waals surface area (Å²) in [6.45, 7) is 6.83. The number of piperazine rings is 1. The van der Waals surface area contributed by atoms with E-state index in [4.69, 9.17) is 16.3 Å². The molecule has 2 aliphatic heterocycles. The van der Waals surface area contributed by atoms with Gasteiger partial charge in [0.15, 0.2) is 5.65 Å². The van der Waals surface area contributed by atoms with E-state index < -0.39 is 6.03 Å². The number of fused-ring (bicyclic) bond motifs is 1. The minimum atomic E-state index is -0.685. The molecular formula is C26H31ClN8O4. The number of likely N-dealkylation sites (N-methyl/N-ethyl adjacent to an activating group) is 1. The normalized spacial score (nSPS) is 16.4. The number of morpholine rings is 1. The average Bonchev–Trinajstić information content (AvgIpc) is 3.23. The fraction of sp³-hybridized carbons (Fsp3) is 0.423. The number of pyridine rings is 1. The van der Waals surface area contributed by atoms with Crippen LogP contribution < -0.4 is 15.1 Å². The third-order valence-corrected chi connectivity index (χ3v) is 7.46. The van der Waals surface area contributed by atoms with Gasteiger partial charge in [-0.2, -0.15) is 5.10 Å². The highest BCUT2D eigenvalue weighted by molar-refractivity contribution is 6.34. The van der Waals surface area contributed by atoms with E-state index in [0.29, 0.717) is 49.7 Å². The second-order valence-corrected chi connectivity index (χ2v) is 10.1. The topological polar surface area (TPSA) is 116 Å². The molecule has 0 unspecified atom stereocenters. The number of aromatic nitrogens is 3. The lowest BCUT2D eigenvalue weighted by molar-refractivity contribution is -0.106. The van der Waals surface area contributed by atoms with Crippen molar-refractivity contribution in [1.29, 1.82) is 0 Å². The predicted molar refractivity (Wildman–Crippen MR) is 149 cm³/mol. The van der Waals surface area contributed by atoms with E-state index in [1.54, 1.807) is 21.7 Å². The van der Waals surface area contributed by atoms with E-state index in [1.165, 1.54) is 12.3 Å². The molecule has 2 fully saturated rings. The highest BCUT2D eigenvalue weighted by atomic mass is 35.5. The summed E-state index contributed by atoms with van der Waals surface area (Å²) in [4.78, 5) is 50.5. The van der Waals surface area contributed by atoms with Crippen LogP contribution in [-0.4, -0.2) is 102 Å². The Balaban J connectivity index is 1.47. The summed E-state index contributed by atoms with van der Waals surface area (Å²) in [5.41, 5.74) is 3.11. The van der Waals surface area contributed by atoms with Crippen molar-refractivity contribution in [3.63, 3.8) is 0 Å². The number of carbonyl (C=O) groups excluding carboxylic acids is 3. The first-order chi connectivity index (χ1) is 18.8. The van der Waals surface area contributed by atoms with Crippen molar-refractivity contribution in [3.8, 4) is 0 Å². The van der Waals surface area contributed by atoms with E-state index in [1.807, 2.05) is 14.0 Å². The molecule has 3 aromatic rings. The van der Waals surface area contributed by atoms with Crippen LogP contribution >= 0.6 is 11.6 Å². The molecule has 2 aliphatic rings. The summed E-state index contributed by atoms with van der Waals surface area (Å²) < 4.78 is 7.02. The number of anilines is 3. The fourth-order valence-corrected chi connectivity index (χ4v) is 5.21. The standard InChI is InChI=1S/C26H31ClN8O4/c1-17-22-23(33-8-6-31(2)7-9-33)21(15-28-24(22)32(3)30-17)35(16-36)26(38)29-18-4-5-20(27)19(14-18)25(37)34-10-12-39-13-11-34/h4-5,14-16H,6-13H2,1-3H3,(H,29,38). The van der Waals surface area contributed by atoms with Gasteiger partial charge in [0.1, 0.15) is 0 Å². The van der Waals surface area contributed by atoms with Crippen LogP contribution in [0, 0.1) is 6.92 Å². The van der Waals surface area contributed by atoms with Crippen molar-refractivity contribution in [2.24, 2.45) is 7.05 Å². The lowest BCUT2D eigenvalue weighted by atomic mass is 10.1. The van der Waals surface area contributed by atoms with Gasteiger partial charge >= 0.3 is 6.03 Å². The molecule has 2 saturated heterocycles. The number of urea groups is 1. The van der Waals surface area contributed by atoms with Crippen molar-refractivity contribution in [2.75, 3.05) is 74.6 Å². The Morgan fingerprint density at radius 2 is 1.82 bits per heavy atom. The molecule has 2 aromatic heterocycles. The molecule has 13 heteroatoms. The van der Waals surface area contributed by atoms with Crippen LogP contribution in [0.1, 0.15) is 16.1 Å². The Morgan fingerprint density at radius 3 is 2.51 bits per heavy atom. The van der Waals surface area contributed by atoms with E-state index in [2.05, 4.69) is 32.2 Å². The van der Waals surface area contributed by atoms with Gasteiger partial charge in [0.2, 0.25) is 6.41 Å². The van der Waals surface area contributed by atoms with Gasteiger partial charge in [0.25, 0.3) is 5.91 Å². The number of nitrogens with zero attached hydrogens (tertiary/aromatic N) is 7. The predicted octanol–water partition coefficient (Wildman–Crippen LogP) is 2.35. The first-order valence-electron chi connectivity index (χ1n) is 12.8. The first kappa shape index (κ1) is 26.9. The molecule has 1 aromatic carbocycles. The molecule has 0 saturated carbocycles. The van der Waals surface area contributed by atoms with Crippen LogP contribution in [0.2, 0.25) is 5.02 Å². The third-order valence-electron chi connectivity index (χ3n) is 7.13. The number of amides is 4. The molecule has 4 amide bonds. The number of rotatable bonds is 5. The van der Waals surface area contributed by atoms with Crippen molar-refractivity contribution in [3.05, 3.63) is 40.7 Å². The van der Waals surface area contributed by atoms with E-state index in [9.17, 15) is 14.4 Å². The summed E-state index contributed by atoms with van der Waals surface area (Å²) in [5.74, 6) is -0.245. The Morgan fingerprint density at radius 1 is 1.10 bits per heavy atom.